The third kappa shape index (κ3) is 2.73. The molecule has 5 nitrogen and oxygen atoms in total. The van der Waals surface area contributed by atoms with Crippen LogP contribution in [-0.2, 0) is 13.5 Å². The van der Waals surface area contributed by atoms with Gasteiger partial charge in [0.1, 0.15) is 11.6 Å². The average Bonchev–Trinajstić information content (AvgIpc) is 2.69. The highest BCUT2D eigenvalue weighted by Gasteiger charge is 2.15. The number of aryl methyl sites for hydroxylation is 2. The van der Waals surface area contributed by atoms with Gasteiger partial charge in [-0.2, -0.15) is 5.10 Å². The smallest absolute Gasteiger partial charge is 0.259 e. The Morgan fingerprint density at radius 2 is 2.26 bits per heavy atom. The summed E-state index contributed by atoms with van der Waals surface area (Å²) in [4.78, 5) is 12.0. The first-order chi connectivity index (χ1) is 9.01. The summed E-state index contributed by atoms with van der Waals surface area (Å²) in [5.41, 5.74) is 1.35. The van der Waals surface area contributed by atoms with Gasteiger partial charge in [0.05, 0.1) is 16.9 Å². The second kappa shape index (κ2) is 5.09. The molecule has 0 aliphatic heterocycles. The number of nitrogens with one attached hydrogen (secondary N) is 1. The molecule has 1 heterocycles. The van der Waals surface area contributed by atoms with Crippen molar-refractivity contribution in [3.63, 3.8) is 0 Å². The normalized spacial score (nSPS) is 10.5. The minimum Gasteiger partial charge on any atom is -0.507 e. The Morgan fingerprint density at radius 3 is 2.89 bits per heavy atom. The van der Waals surface area contributed by atoms with Gasteiger partial charge in [0.25, 0.3) is 5.91 Å². The average molecular weight is 263 g/mol. The van der Waals surface area contributed by atoms with Crippen LogP contribution >= 0.6 is 0 Å². The number of phenols is 1. The van der Waals surface area contributed by atoms with Crippen LogP contribution < -0.4 is 5.32 Å². The number of anilines is 1. The maximum absolute atomic E-state index is 12.9. The van der Waals surface area contributed by atoms with Crippen LogP contribution in [0.3, 0.4) is 0 Å². The summed E-state index contributed by atoms with van der Waals surface area (Å²) in [6.07, 6.45) is 2.35. The van der Waals surface area contributed by atoms with E-state index in [0.717, 1.165) is 17.8 Å². The molecule has 0 unspecified atom stereocenters. The molecule has 0 spiro atoms. The monoisotopic (exact) mass is 263 g/mol. The number of halogens is 1. The fourth-order valence-corrected chi connectivity index (χ4v) is 1.79. The molecule has 0 fully saturated rings. The highest BCUT2D eigenvalue weighted by Crippen LogP contribution is 2.21. The van der Waals surface area contributed by atoms with E-state index in [2.05, 4.69) is 10.4 Å². The van der Waals surface area contributed by atoms with Crippen LogP contribution in [-0.4, -0.2) is 20.8 Å². The lowest BCUT2D eigenvalue weighted by molar-refractivity contribution is 0.102. The molecule has 2 N–H and O–H groups in total. The lowest BCUT2D eigenvalue weighted by Gasteiger charge is -2.06. The molecule has 0 radical (unpaired) electrons. The van der Waals surface area contributed by atoms with Crippen molar-refractivity contribution in [3.05, 3.63) is 41.5 Å². The van der Waals surface area contributed by atoms with E-state index in [9.17, 15) is 14.3 Å². The van der Waals surface area contributed by atoms with Crippen LogP contribution in [0.15, 0.2) is 24.4 Å². The summed E-state index contributed by atoms with van der Waals surface area (Å²) in [6.45, 7) is 1.92. The molecule has 0 aliphatic rings. The number of phenolic OH excluding ortho intramolecular Hbond substituents is 1. The second-order valence-electron chi connectivity index (χ2n) is 4.13. The van der Waals surface area contributed by atoms with Gasteiger partial charge in [-0.25, -0.2) is 4.39 Å². The molecule has 1 aromatic carbocycles. The molecule has 2 rings (SSSR count). The van der Waals surface area contributed by atoms with Gasteiger partial charge in [0, 0.05) is 19.3 Å². The Balaban J connectivity index is 2.25. The quantitative estimate of drug-likeness (QED) is 0.891. The molecule has 0 saturated carbocycles. The molecule has 0 saturated heterocycles. The van der Waals surface area contributed by atoms with E-state index in [1.54, 1.807) is 17.9 Å². The topological polar surface area (TPSA) is 67.2 Å². The Labute approximate surface area is 109 Å². The van der Waals surface area contributed by atoms with Crippen LogP contribution in [0.1, 0.15) is 23.0 Å². The summed E-state index contributed by atoms with van der Waals surface area (Å²) in [7, 11) is 1.75. The molecule has 19 heavy (non-hydrogen) atoms. The summed E-state index contributed by atoms with van der Waals surface area (Å²) in [5.74, 6) is -1.48. The highest BCUT2D eigenvalue weighted by molar-refractivity contribution is 6.06. The number of hydrogen-bond acceptors (Lipinski definition) is 3. The van der Waals surface area contributed by atoms with E-state index in [1.807, 2.05) is 6.92 Å². The summed E-state index contributed by atoms with van der Waals surface area (Å²) in [5, 5.41) is 16.4. The first-order valence-electron chi connectivity index (χ1n) is 5.83. The van der Waals surface area contributed by atoms with E-state index in [1.165, 1.54) is 6.07 Å². The number of aromatic hydroxyl groups is 1. The molecular weight excluding hydrogens is 249 g/mol. The zero-order valence-corrected chi connectivity index (χ0v) is 10.6. The molecule has 6 heteroatoms. The van der Waals surface area contributed by atoms with Gasteiger partial charge in [0.15, 0.2) is 0 Å². The van der Waals surface area contributed by atoms with Crippen molar-refractivity contribution in [2.24, 2.45) is 7.05 Å². The van der Waals surface area contributed by atoms with Crippen LogP contribution in [0.2, 0.25) is 0 Å². The molecular formula is C13H14FN3O2. The molecule has 1 amide bonds. The molecule has 0 atom stereocenters. The number of nitrogens with zero attached hydrogens (tertiary/aromatic N) is 2. The van der Waals surface area contributed by atoms with Gasteiger partial charge in [-0.1, -0.05) is 6.92 Å². The van der Waals surface area contributed by atoms with Crippen LogP contribution in [0.5, 0.6) is 5.75 Å². The van der Waals surface area contributed by atoms with E-state index in [-0.39, 0.29) is 11.3 Å². The van der Waals surface area contributed by atoms with Gasteiger partial charge in [0.2, 0.25) is 0 Å². The summed E-state index contributed by atoms with van der Waals surface area (Å²) >= 11 is 0. The third-order valence-electron chi connectivity index (χ3n) is 2.69. The number of rotatable bonds is 3. The van der Waals surface area contributed by atoms with E-state index >= 15 is 0 Å². The maximum atomic E-state index is 12.9. The van der Waals surface area contributed by atoms with Gasteiger partial charge in [-0.05, 0) is 18.6 Å². The van der Waals surface area contributed by atoms with Crippen molar-refractivity contribution < 1.29 is 14.3 Å². The molecule has 1 aromatic heterocycles. The fraction of sp³-hybridized carbons (Fsp3) is 0.231. The number of carbonyl (C=O) groups excluding carboxylic acids is 1. The van der Waals surface area contributed by atoms with Crippen molar-refractivity contribution in [2.75, 3.05) is 5.32 Å². The Morgan fingerprint density at radius 1 is 1.53 bits per heavy atom. The second-order valence-corrected chi connectivity index (χ2v) is 4.13. The molecule has 100 valence electrons. The van der Waals surface area contributed by atoms with Crippen molar-refractivity contribution in [1.29, 1.82) is 0 Å². The molecule has 0 aliphatic carbocycles. The zero-order chi connectivity index (χ0) is 14.0. The first-order valence-corrected chi connectivity index (χ1v) is 5.83. The molecule has 0 bridgehead atoms. The number of aromatic nitrogens is 2. The van der Waals surface area contributed by atoms with E-state index in [0.29, 0.717) is 12.1 Å². The van der Waals surface area contributed by atoms with Crippen LogP contribution in [0.25, 0.3) is 0 Å². The Kier molecular flexibility index (Phi) is 3.50. The van der Waals surface area contributed by atoms with Gasteiger partial charge in [-0.3, -0.25) is 9.48 Å². The zero-order valence-electron chi connectivity index (χ0n) is 10.6. The summed E-state index contributed by atoms with van der Waals surface area (Å²) < 4.78 is 14.5. The van der Waals surface area contributed by atoms with Gasteiger partial charge < -0.3 is 10.4 Å². The van der Waals surface area contributed by atoms with Gasteiger partial charge in [-0.15, -0.1) is 0 Å². The van der Waals surface area contributed by atoms with Crippen LogP contribution in [0, 0.1) is 5.82 Å². The predicted octanol–water partition coefficient (Wildman–Crippen LogP) is 2.08. The maximum Gasteiger partial charge on any atom is 0.259 e. The molecule has 2 aromatic rings. The predicted molar refractivity (Wildman–Crippen MR) is 68.6 cm³/mol. The number of hydrogen-bond donors (Lipinski definition) is 2. The lowest BCUT2D eigenvalue weighted by Crippen LogP contribution is -2.12. The largest absolute Gasteiger partial charge is 0.507 e. The highest BCUT2D eigenvalue weighted by atomic mass is 19.1. The van der Waals surface area contributed by atoms with E-state index in [4.69, 9.17) is 0 Å². The van der Waals surface area contributed by atoms with Crippen molar-refractivity contribution in [2.45, 2.75) is 13.3 Å². The number of carbonyl (C=O) groups is 1. The number of amides is 1. The summed E-state index contributed by atoms with van der Waals surface area (Å²) in [6, 6.07) is 3.26. The number of benzene rings is 1. The first kappa shape index (κ1) is 13.1. The lowest BCUT2D eigenvalue weighted by atomic mass is 10.1. The minimum atomic E-state index is -0.593. The van der Waals surface area contributed by atoms with Crippen molar-refractivity contribution >= 4 is 11.6 Å². The van der Waals surface area contributed by atoms with Gasteiger partial charge >= 0.3 is 0 Å². The minimum absolute atomic E-state index is 0.0207. The Hall–Kier alpha value is -2.37. The van der Waals surface area contributed by atoms with Crippen LogP contribution in [0.4, 0.5) is 10.1 Å². The standard InChI is InChI=1S/C13H14FN3O2/c1-3-10-11(7-17(2)16-10)15-13(19)9-5-4-8(14)6-12(9)18/h4-7,18H,3H2,1-2H3,(H,15,19). The van der Waals surface area contributed by atoms with Crippen molar-refractivity contribution in [3.8, 4) is 5.75 Å². The van der Waals surface area contributed by atoms with Crippen molar-refractivity contribution in [1.82, 2.24) is 9.78 Å². The third-order valence-corrected chi connectivity index (χ3v) is 2.69. The fourth-order valence-electron chi connectivity index (χ4n) is 1.79. The Bertz CT molecular complexity index is 622. The SMILES string of the molecule is CCc1nn(C)cc1NC(=O)c1ccc(F)cc1O. The van der Waals surface area contributed by atoms with E-state index < -0.39 is 11.7 Å².